The van der Waals surface area contributed by atoms with E-state index < -0.39 is 0 Å². The van der Waals surface area contributed by atoms with E-state index in [4.69, 9.17) is 9.47 Å². The molecule has 0 bridgehead atoms. The number of anilines is 2. The van der Waals surface area contributed by atoms with E-state index in [1.807, 2.05) is 30.3 Å². The van der Waals surface area contributed by atoms with Crippen molar-refractivity contribution in [1.82, 2.24) is 20.3 Å². The zero-order chi connectivity index (χ0) is 26.6. The Hall–Kier alpha value is -3.50. The van der Waals surface area contributed by atoms with E-state index in [0.29, 0.717) is 24.5 Å². The number of nitrogens with zero attached hydrogens (tertiary/aromatic N) is 3. The fraction of sp³-hybridized carbons (Fsp3) is 0.370. The summed E-state index contributed by atoms with van der Waals surface area (Å²) in [4.78, 5) is 25.4. The van der Waals surface area contributed by atoms with Crippen molar-refractivity contribution in [3.8, 4) is 17.0 Å². The molecule has 0 radical (unpaired) electrons. The van der Waals surface area contributed by atoms with Crippen LogP contribution in [0.4, 0.5) is 11.6 Å². The van der Waals surface area contributed by atoms with E-state index in [1.54, 1.807) is 39.9 Å². The van der Waals surface area contributed by atoms with Gasteiger partial charge in [0, 0.05) is 63.2 Å². The second kappa shape index (κ2) is 14.3. The van der Waals surface area contributed by atoms with Crippen molar-refractivity contribution >= 4 is 33.9 Å². The van der Waals surface area contributed by atoms with Crippen molar-refractivity contribution in [1.29, 1.82) is 0 Å². The minimum atomic E-state index is -0.148. The maximum Gasteiger partial charge on any atom is 0.251 e. The molecule has 9 nitrogen and oxygen atoms in total. The predicted octanol–water partition coefficient (Wildman–Crippen LogP) is 3.88. The maximum absolute atomic E-state index is 12.1. The summed E-state index contributed by atoms with van der Waals surface area (Å²) < 4.78 is 10.7. The van der Waals surface area contributed by atoms with Gasteiger partial charge in [-0.25, -0.2) is 15.0 Å². The van der Waals surface area contributed by atoms with Crippen LogP contribution in [0.3, 0.4) is 0 Å². The van der Waals surface area contributed by atoms with Gasteiger partial charge in [-0.3, -0.25) is 4.79 Å². The molecule has 0 saturated heterocycles. The van der Waals surface area contributed by atoms with E-state index in [1.165, 1.54) is 0 Å². The summed E-state index contributed by atoms with van der Waals surface area (Å²) in [6, 6.07) is 11.4. The number of aromatic nitrogens is 3. The van der Waals surface area contributed by atoms with Crippen molar-refractivity contribution in [2.75, 3.05) is 63.6 Å². The molecule has 10 heteroatoms. The molecule has 0 fully saturated rings. The number of amides is 1. The number of ether oxygens (including phenoxy) is 2. The number of carbonyl (C=O) groups is 1. The van der Waals surface area contributed by atoms with Crippen LogP contribution in [0.1, 0.15) is 28.3 Å². The van der Waals surface area contributed by atoms with Gasteiger partial charge in [0.15, 0.2) is 0 Å². The standard InChI is InChI=1S/C27H36N6O3S/c1-28-27(34)19-7-9-22(24(13-19)36-3)21(17-37(4)5)16-31-26-14-23(32-18-33-26)20-8-10-25(30-15-20)29-11-6-12-35-2/h7-10,13-15,18,21H,4,6,11-12,16-17H2,1-3,5H3,(H,28,34)(H,29,30)(H,31,32,33). The van der Waals surface area contributed by atoms with Crippen LogP contribution in [-0.4, -0.2) is 79.7 Å². The lowest BCUT2D eigenvalue weighted by molar-refractivity contribution is 0.0962. The van der Waals surface area contributed by atoms with E-state index >= 15 is 0 Å². The average Bonchev–Trinajstić information content (AvgIpc) is 2.93. The molecule has 1 amide bonds. The van der Waals surface area contributed by atoms with Gasteiger partial charge >= 0.3 is 0 Å². The van der Waals surface area contributed by atoms with E-state index in [9.17, 15) is 4.79 Å². The normalized spacial score (nSPS) is 12.4. The quantitative estimate of drug-likeness (QED) is 0.215. The summed E-state index contributed by atoms with van der Waals surface area (Å²) in [5, 5.41) is 9.39. The maximum atomic E-state index is 12.1. The number of hydrogen-bond donors (Lipinski definition) is 3. The van der Waals surface area contributed by atoms with E-state index in [-0.39, 0.29) is 22.3 Å². The van der Waals surface area contributed by atoms with Gasteiger partial charge in [-0.15, -0.1) is 0 Å². The highest BCUT2D eigenvalue weighted by molar-refractivity contribution is 8.13. The number of benzene rings is 1. The molecule has 3 rings (SSSR count). The molecule has 0 aliphatic heterocycles. The molecule has 0 aliphatic rings. The van der Waals surface area contributed by atoms with Gasteiger partial charge in [0.1, 0.15) is 23.7 Å². The Morgan fingerprint density at radius 3 is 2.59 bits per heavy atom. The number of pyridine rings is 1. The lowest BCUT2D eigenvalue weighted by Crippen LogP contribution is -2.20. The molecule has 2 aromatic heterocycles. The zero-order valence-electron chi connectivity index (χ0n) is 21.9. The highest BCUT2D eigenvalue weighted by Crippen LogP contribution is 2.31. The first-order valence-corrected chi connectivity index (χ1v) is 14.0. The molecule has 37 heavy (non-hydrogen) atoms. The zero-order valence-corrected chi connectivity index (χ0v) is 22.7. The van der Waals surface area contributed by atoms with Crippen LogP contribution in [0.25, 0.3) is 11.3 Å². The molecule has 2 heterocycles. The van der Waals surface area contributed by atoms with Crippen LogP contribution in [0, 0.1) is 0 Å². The van der Waals surface area contributed by atoms with E-state index in [0.717, 1.165) is 47.2 Å². The fourth-order valence-electron chi connectivity index (χ4n) is 3.86. The van der Waals surface area contributed by atoms with Gasteiger partial charge < -0.3 is 25.4 Å². The van der Waals surface area contributed by atoms with Gasteiger partial charge in [-0.1, -0.05) is 11.9 Å². The van der Waals surface area contributed by atoms with Crippen molar-refractivity contribution < 1.29 is 14.3 Å². The predicted molar refractivity (Wildman–Crippen MR) is 153 cm³/mol. The first kappa shape index (κ1) is 28.1. The van der Waals surface area contributed by atoms with Crippen molar-refractivity contribution in [2.24, 2.45) is 0 Å². The van der Waals surface area contributed by atoms with Gasteiger partial charge in [-0.2, -0.15) is 10.5 Å². The Kier molecular flexibility index (Phi) is 10.8. The van der Waals surface area contributed by atoms with Crippen LogP contribution in [0.5, 0.6) is 5.75 Å². The number of nitrogens with one attached hydrogen (secondary N) is 3. The molecule has 0 saturated carbocycles. The molecule has 2 unspecified atom stereocenters. The third-order valence-corrected chi connectivity index (χ3v) is 6.71. The Labute approximate surface area is 221 Å². The lowest BCUT2D eigenvalue weighted by Gasteiger charge is -2.22. The van der Waals surface area contributed by atoms with Gasteiger partial charge in [0.05, 0.1) is 12.8 Å². The summed E-state index contributed by atoms with van der Waals surface area (Å²) in [5.41, 5.74) is 3.28. The topological polar surface area (TPSA) is 110 Å². The third-order valence-electron chi connectivity index (χ3n) is 5.74. The van der Waals surface area contributed by atoms with Crippen LogP contribution in [0.2, 0.25) is 0 Å². The van der Waals surface area contributed by atoms with Crippen molar-refractivity contribution in [2.45, 2.75) is 12.3 Å². The van der Waals surface area contributed by atoms with Crippen LogP contribution >= 0.6 is 10.5 Å². The number of carbonyl (C=O) groups excluding carboxylic acids is 1. The van der Waals surface area contributed by atoms with Crippen molar-refractivity contribution in [3.05, 3.63) is 60.0 Å². The second-order valence-corrected chi connectivity index (χ2v) is 10.5. The monoisotopic (exact) mass is 524 g/mol. The smallest absolute Gasteiger partial charge is 0.251 e. The first-order chi connectivity index (χ1) is 17.9. The number of hydrogen-bond acceptors (Lipinski definition) is 8. The summed E-state index contributed by atoms with van der Waals surface area (Å²) in [5.74, 6) is 7.26. The molecule has 3 aromatic rings. The number of rotatable bonds is 14. The second-order valence-electron chi connectivity index (χ2n) is 8.56. The average molecular weight is 525 g/mol. The van der Waals surface area contributed by atoms with Gasteiger partial charge in [0.25, 0.3) is 5.91 Å². The number of methoxy groups -OCH3 is 2. The largest absolute Gasteiger partial charge is 0.496 e. The third kappa shape index (κ3) is 8.26. The first-order valence-electron chi connectivity index (χ1n) is 12.0. The van der Waals surface area contributed by atoms with E-state index in [2.05, 4.69) is 43.0 Å². The lowest BCUT2D eigenvalue weighted by atomic mass is 9.98. The SMILES string of the molecule is C=S(C)CC(CNc1cc(-c2ccc(NCCCOC)nc2)ncn1)c1ccc(C(=O)NC)cc1OC. The van der Waals surface area contributed by atoms with Crippen molar-refractivity contribution in [3.63, 3.8) is 0 Å². The molecule has 198 valence electrons. The molecule has 2 atom stereocenters. The molecular formula is C27H36N6O3S. The summed E-state index contributed by atoms with van der Waals surface area (Å²) in [7, 11) is 4.88. The molecular weight excluding hydrogens is 488 g/mol. The molecule has 1 aromatic carbocycles. The fourth-order valence-corrected chi connectivity index (χ4v) is 4.84. The van der Waals surface area contributed by atoms with Gasteiger partial charge in [0.2, 0.25) is 0 Å². The molecule has 0 spiro atoms. The van der Waals surface area contributed by atoms with Gasteiger partial charge in [-0.05, 0) is 48.3 Å². The molecule has 0 aliphatic carbocycles. The highest BCUT2D eigenvalue weighted by Gasteiger charge is 2.19. The Morgan fingerprint density at radius 1 is 1.08 bits per heavy atom. The summed E-state index contributed by atoms with van der Waals surface area (Å²) in [6.07, 6.45) is 6.38. The highest BCUT2D eigenvalue weighted by atomic mass is 32.2. The van der Waals surface area contributed by atoms with Crippen LogP contribution in [0.15, 0.2) is 48.9 Å². The van der Waals surface area contributed by atoms with Crippen LogP contribution < -0.4 is 20.7 Å². The summed E-state index contributed by atoms with van der Waals surface area (Å²) >= 11 is 0. The minimum Gasteiger partial charge on any atom is -0.496 e. The Bertz CT molecular complexity index is 1190. The Morgan fingerprint density at radius 2 is 1.92 bits per heavy atom. The van der Waals surface area contributed by atoms with Crippen LogP contribution in [-0.2, 0) is 4.74 Å². The molecule has 3 N–H and O–H groups in total. The Balaban J connectivity index is 1.73. The summed E-state index contributed by atoms with van der Waals surface area (Å²) in [6.45, 7) is 2.14. The minimum absolute atomic E-state index is 0.0492.